The van der Waals surface area contributed by atoms with E-state index in [9.17, 15) is 4.79 Å². The zero-order valence-electron chi connectivity index (χ0n) is 10.8. The normalized spacial score (nSPS) is 10.6. The minimum atomic E-state index is 0.403. The lowest BCUT2D eigenvalue weighted by Gasteiger charge is -2.02. The van der Waals surface area contributed by atoms with Crippen molar-refractivity contribution in [2.75, 3.05) is 0 Å². The zero-order chi connectivity index (χ0) is 14.8. The Morgan fingerprint density at radius 1 is 1.14 bits per heavy atom. The maximum absolute atomic E-state index is 11.3. The molecule has 5 heteroatoms. The van der Waals surface area contributed by atoms with Gasteiger partial charge in [-0.05, 0) is 39.7 Å². The third kappa shape index (κ3) is 2.77. The Morgan fingerprint density at radius 3 is 2.57 bits per heavy atom. The number of hydrogen-bond acceptors (Lipinski definition) is 2. The van der Waals surface area contributed by atoms with Crippen LogP contribution < -0.4 is 0 Å². The predicted octanol–water partition coefficient (Wildman–Crippen LogP) is 4.77. The zero-order valence-corrected chi connectivity index (χ0v) is 13.2. The van der Waals surface area contributed by atoms with Gasteiger partial charge in [0.2, 0.25) is 0 Å². The summed E-state index contributed by atoms with van der Waals surface area (Å²) < 4.78 is 2.48. The summed E-state index contributed by atoms with van der Waals surface area (Å²) in [5.41, 5.74) is 2.95. The fraction of sp³-hybridized carbons (Fsp3) is 0. The van der Waals surface area contributed by atoms with Gasteiger partial charge in [-0.25, -0.2) is 4.68 Å². The molecule has 104 valence electrons. The molecule has 0 spiro atoms. The number of hydrogen-bond donors (Lipinski definition) is 0. The van der Waals surface area contributed by atoms with E-state index < -0.39 is 0 Å². The molecule has 0 atom stereocenters. The number of rotatable bonds is 3. The minimum absolute atomic E-state index is 0.403. The van der Waals surface area contributed by atoms with Crippen molar-refractivity contribution in [2.24, 2.45) is 0 Å². The molecule has 1 aromatic heterocycles. The Balaban J connectivity index is 2.11. The Hall–Kier alpha value is -1.91. The van der Waals surface area contributed by atoms with Gasteiger partial charge in [0.05, 0.1) is 10.7 Å². The van der Waals surface area contributed by atoms with Crippen LogP contribution in [0.5, 0.6) is 0 Å². The van der Waals surface area contributed by atoms with Gasteiger partial charge in [0, 0.05) is 16.2 Å². The van der Waals surface area contributed by atoms with Crippen LogP contribution in [-0.2, 0) is 0 Å². The van der Waals surface area contributed by atoms with Crippen LogP contribution >= 0.6 is 27.5 Å². The summed E-state index contributed by atoms with van der Waals surface area (Å²) >= 11 is 9.46. The van der Waals surface area contributed by atoms with Crippen molar-refractivity contribution >= 4 is 33.8 Å². The van der Waals surface area contributed by atoms with E-state index >= 15 is 0 Å². The first-order valence-corrected chi connectivity index (χ1v) is 7.42. The van der Waals surface area contributed by atoms with Crippen LogP contribution in [0.25, 0.3) is 16.8 Å². The molecular weight excluding hydrogens is 352 g/mol. The van der Waals surface area contributed by atoms with Gasteiger partial charge >= 0.3 is 0 Å². The molecular formula is C16H10BrClN2O. The minimum Gasteiger partial charge on any atom is -0.296 e. The second-order valence-electron chi connectivity index (χ2n) is 4.45. The molecule has 1 heterocycles. The molecule has 0 unspecified atom stereocenters. The Kier molecular flexibility index (Phi) is 3.90. The number of carbonyl (C=O) groups excluding carboxylic acids is 1. The van der Waals surface area contributed by atoms with Crippen LogP contribution in [0.2, 0.25) is 5.02 Å². The topological polar surface area (TPSA) is 34.9 Å². The van der Waals surface area contributed by atoms with Crippen molar-refractivity contribution in [3.8, 4) is 16.8 Å². The maximum Gasteiger partial charge on any atom is 0.170 e. The number of halogens is 2. The van der Waals surface area contributed by atoms with Crippen molar-refractivity contribution in [1.29, 1.82) is 0 Å². The number of benzene rings is 2. The highest BCUT2D eigenvalue weighted by atomic mass is 79.9. The predicted molar refractivity (Wildman–Crippen MR) is 87.1 cm³/mol. The highest BCUT2D eigenvalue weighted by Crippen LogP contribution is 2.27. The second kappa shape index (κ2) is 5.84. The van der Waals surface area contributed by atoms with Crippen LogP contribution in [0, 0.1) is 0 Å². The lowest BCUT2D eigenvalue weighted by Crippen LogP contribution is -1.95. The van der Waals surface area contributed by atoms with Gasteiger partial charge in [-0.3, -0.25) is 4.79 Å². The van der Waals surface area contributed by atoms with Crippen LogP contribution in [0.4, 0.5) is 0 Å². The number of aldehydes is 1. The average molecular weight is 362 g/mol. The largest absolute Gasteiger partial charge is 0.296 e. The quantitative estimate of drug-likeness (QED) is 0.630. The molecule has 0 fully saturated rings. The van der Waals surface area contributed by atoms with Gasteiger partial charge < -0.3 is 0 Å². The summed E-state index contributed by atoms with van der Waals surface area (Å²) in [6, 6.07) is 15.2. The molecule has 3 nitrogen and oxygen atoms in total. The molecule has 3 rings (SSSR count). The van der Waals surface area contributed by atoms with Crippen LogP contribution in [-0.4, -0.2) is 16.1 Å². The fourth-order valence-electron chi connectivity index (χ4n) is 2.07. The van der Waals surface area contributed by atoms with E-state index in [1.54, 1.807) is 10.7 Å². The Labute approximate surface area is 135 Å². The van der Waals surface area contributed by atoms with Gasteiger partial charge in [0.15, 0.2) is 6.29 Å². The first-order valence-electron chi connectivity index (χ1n) is 6.25. The molecule has 0 aliphatic heterocycles. The SMILES string of the molecule is O=Cc1nn(-c2ccc(Br)c(Cl)c2)cc1-c1ccccc1. The second-order valence-corrected chi connectivity index (χ2v) is 5.72. The smallest absolute Gasteiger partial charge is 0.170 e. The summed E-state index contributed by atoms with van der Waals surface area (Å²) in [4.78, 5) is 11.3. The Morgan fingerprint density at radius 2 is 1.90 bits per heavy atom. The van der Waals surface area contributed by atoms with E-state index in [-0.39, 0.29) is 0 Å². The molecule has 0 amide bonds. The van der Waals surface area contributed by atoms with Crippen molar-refractivity contribution in [3.05, 3.63) is 69.9 Å². The highest BCUT2D eigenvalue weighted by Gasteiger charge is 2.11. The molecule has 0 saturated carbocycles. The first kappa shape index (κ1) is 14.0. The van der Waals surface area contributed by atoms with Gasteiger partial charge in [0.25, 0.3) is 0 Å². The van der Waals surface area contributed by atoms with Crippen LogP contribution in [0.3, 0.4) is 0 Å². The molecule has 0 N–H and O–H groups in total. The van der Waals surface area contributed by atoms with Crippen LogP contribution in [0.1, 0.15) is 10.5 Å². The van der Waals surface area contributed by atoms with Gasteiger partial charge in [0.1, 0.15) is 5.69 Å². The van der Waals surface area contributed by atoms with E-state index in [1.165, 1.54) is 0 Å². The van der Waals surface area contributed by atoms with Crippen molar-refractivity contribution in [2.45, 2.75) is 0 Å². The third-order valence-electron chi connectivity index (χ3n) is 3.11. The molecule has 21 heavy (non-hydrogen) atoms. The van der Waals surface area contributed by atoms with E-state index in [2.05, 4.69) is 21.0 Å². The lowest BCUT2D eigenvalue weighted by atomic mass is 10.1. The summed E-state index contributed by atoms with van der Waals surface area (Å²) in [5, 5.41) is 4.92. The lowest BCUT2D eigenvalue weighted by molar-refractivity contribution is 0.111. The van der Waals surface area contributed by atoms with Gasteiger partial charge in [-0.2, -0.15) is 5.10 Å². The number of aromatic nitrogens is 2. The monoisotopic (exact) mass is 360 g/mol. The summed E-state index contributed by atoms with van der Waals surface area (Å²) in [5.74, 6) is 0. The van der Waals surface area contributed by atoms with E-state index in [0.717, 1.165) is 27.6 Å². The molecule has 2 aromatic carbocycles. The molecule has 3 aromatic rings. The van der Waals surface area contributed by atoms with Crippen molar-refractivity contribution in [3.63, 3.8) is 0 Å². The van der Waals surface area contributed by atoms with E-state index in [4.69, 9.17) is 11.6 Å². The molecule has 0 aliphatic carbocycles. The molecule has 0 aliphatic rings. The molecule has 0 saturated heterocycles. The standard InChI is InChI=1S/C16H10BrClN2O/c17-14-7-6-12(8-15(14)18)20-9-13(16(10-21)19-20)11-4-2-1-3-5-11/h1-10H. The molecule has 0 bridgehead atoms. The average Bonchev–Trinajstić information content (AvgIpc) is 2.95. The Bertz CT molecular complexity index is 799. The highest BCUT2D eigenvalue weighted by molar-refractivity contribution is 9.10. The summed E-state index contributed by atoms with van der Waals surface area (Å²) in [6.07, 6.45) is 2.60. The first-order chi connectivity index (χ1) is 10.2. The van der Waals surface area contributed by atoms with Crippen molar-refractivity contribution < 1.29 is 4.79 Å². The fourth-order valence-corrected chi connectivity index (χ4v) is 2.50. The van der Waals surface area contributed by atoms with E-state index in [0.29, 0.717) is 10.7 Å². The van der Waals surface area contributed by atoms with E-state index in [1.807, 2.05) is 48.7 Å². The maximum atomic E-state index is 11.3. The van der Waals surface area contributed by atoms with Crippen molar-refractivity contribution in [1.82, 2.24) is 9.78 Å². The van der Waals surface area contributed by atoms with Gasteiger partial charge in [-0.1, -0.05) is 41.9 Å². The van der Waals surface area contributed by atoms with Crippen LogP contribution in [0.15, 0.2) is 59.2 Å². The summed E-state index contributed by atoms with van der Waals surface area (Å²) in [6.45, 7) is 0. The summed E-state index contributed by atoms with van der Waals surface area (Å²) in [7, 11) is 0. The third-order valence-corrected chi connectivity index (χ3v) is 4.34. The number of carbonyl (C=O) groups is 1. The molecule has 0 radical (unpaired) electrons. The number of nitrogens with zero attached hydrogens (tertiary/aromatic N) is 2. The van der Waals surface area contributed by atoms with Gasteiger partial charge in [-0.15, -0.1) is 0 Å².